The summed E-state index contributed by atoms with van der Waals surface area (Å²) in [6, 6.07) is 6.88. The molecule has 20 heavy (non-hydrogen) atoms. The molecule has 0 spiro atoms. The smallest absolute Gasteiger partial charge is 0.166 e. The van der Waals surface area contributed by atoms with Crippen molar-refractivity contribution in [3.8, 4) is 11.1 Å². The molecule has 2 aromatic rings. The lowest BCUT2D eigenvalue weighted by Gasteiger charge is -2.16. The van der Waals surface area contributed by atoms with E-state index in [1.54, 1.807) is 0 Å². The highest BCUT2D eigenvalue weighted by Gasteiger charge is 2.33. The molecule has 0 atom stereocenters. The molecule has 0 amide bonds. The van der Waals surface area contributed by atoms with Crippen molar-refractivity contribution in [2.45, 2.75) is 13.1 Å². The van der Waals surface area contributed by atoms with Crippen LogP contribution in [0.15, 0.2) is 30.3 Å². The van der Waals surface area contributed by atoms with Gasteiger partial charge in [0.25, 0.3) is 0 Å². The second-order valence-corrected chi connectivity index (χ2v) is 5.39. The Hall–Kier alpha value is -0.900. The summed E-state index contributed by atoms with van der Waals surface area (Å²) in [7, 11) is 0. The Balaban J connectivity index is 2.76. The van der Waals surface area contributed by atoms with E-state index < -0.39 is 11.7 Å². The maximum atomic E-state index is 12.9. The summed E-state index contributed by atoms with van der Waals surface area (Å²) < 4.78 is 38.8. The number of rotatable bonds is 1. The molecule has 0 bridgehead atoms. The molecule has 0 heterocycles. The van der Waals surface area contributed by atoms with E-state index in [4.69, 9.17) is 34.8 Å². The van der Waals surface area contributed by atoms with Gasteiger partial charge in [0.15, 0.2) is 0 Å². The number of halogens is 6. The Morgan fingerprint density at radius 2 is 1.50 bits per heavy atom. The highest BCUT2D eigenvalue weighted by Crippen LogP contribution is 2.43. The van der Waals surface area contributed by atoms with Crippen LogP contribution in [-0.4, -0.2) is 0 Å². The minimum atomic E-state index is -4.43. The number of hydrogen-bond donors (Lipinski definition) is 0. The van der Waals surface area contributed by atoms with Crippen LogP contribution in [0.3, 0.4) is 0 Å². The molecule has 0 fully saturated rings. The topological polar surface area (TPSA) is 0 Å². The summed E-state index contributed by atoms with van der Waals surface area (Å²) in [6.45, 7) is 1.38. The van der Waals surface area contributed by atoms with Gasteiger partial charge in [-0.05, 0) is 36.2 Å². The quantitative estimate of drug-likeness (QED) is 0.511. The van der Waals surface area contributed by atoms with E-state index in [2.05, 4.69) is 0 Å². The Labute approximate surface area is 129 Å². The second-order valence-electron chi connectivity index (χ2n) is 4.19. The molecule has 0 nitrogen and oxygen atoms in total. The van der Waals surface area contributed by atoms with Crippen LogP contribution < -0.4 is 0 Å². The van der Waals surface area contributed by atoms with Crippen LogP contribution in [0.2, 0.25) is 15.1 Å². The molecule has 6 heteroatoms. The fourth-order valence-electron chi connectivity index (χ4n) is 1.99. The Morgan fingerprint density at radius 1 is 0.900 bits per heavy atom. The molecule has 0 aliphatic carbocycles. The van der Waals surface area contributed by atoms with E-state index in [-0.39, 0.29) is 20.6 Å². The summed E-state index contributed by atoms with van der Waals surface area (Å²) in [5.41, 5.74) is -0.0325. The van der Waals surface area contributed by atoms with Crippen molar-refractivity contribution in [1.82, 2.24) is 0 Å². The fraction of sp³-hybridized carbons (Fsp3) is 0.143. The van der Waals surface area contributed by atoms with E-state index in [0.717, 1.165) is 6.07 Å². The van der Waals surface area contributed by atoms with Crippen molar-refractivity contribution >= 4 is 34.8 Å². The predicted molar refractivity (Wildman–Crippen MR) is 76.6 cm³/mol. The van der Waals surface area contributed by atoms with Crippen LogP contribution in [-0.2, 0) is 6.18 Å². The van der Waals surface area contributed by atoms with Crippen LogP contribution in [0.4, 0.5) is 13.2 Å². The number of alkyl halides is 3. The van der Waals surface area contributed by atoms with E-state index in [1.165, 1.54) is 31.2 Å². The maximum absolute atomic E-state index is 12.9. The highest BCUT2D eigenvalue weighted by atomic mass is 35.5. The third-order valence-corrected chi connectivity index (χ3v) is 4.07. The maximum Gasteiger partial charge on any atom is 0.416 e. The normalized spacial score (nSPS) is 11.8. The van der Waals surface area contributed by atoms with Crippen LogP contribution in [0, 0.1) is 6.92 Å². The molecular weight excluding hydrogens is 332 g/mol. The molecule has 0 aliphatic rings. The SMILES string of the molecule is Cc1c(-c2c(Cl)ccc(Cl)c2Cl)cccc1C(F)(F)F. The minimum Gasteiger partial charge on any atom is -0.166 e. The number of benzene rings is 2. The van der Waals surface area contributed by atoms with Gasteiger partial charge in [-0.3, -0.25) is 0 Å². The van der Waals surface area contributed by atoms with Crippen molar-refractivity contribution in [2.75, 3.05) is 0 Å². The van der Waals surface area contributed by atoms with Crippen molar-refractivity contribution in [2.24, 2.45) is 0 Å². The van der Waals surface area contributed by atoms with Gasteiger partial charge in [0.1, 0.15) is 0 Å². The second kappa shape index (κ2) is 5.47. The minimum absolute atomic E-state index is 0.0612. The summed E-state index contributed by atoms with van der Waals surface area (Å²) in [6.07, 6.45) is -4.43. The van der Waals surface area contributed by atoms with Crippen LogP contribution in [0.1, 0.15) is 11.1 Å². The summed E-state index contributed by atoms with van der Waals surface area (Å²) in [5.74, 6) is 0. The molecular formula is C14H8Cl3F3. The highest BCUT2D eigenvalue weighted by molar-refractivity contribution is 6.46. The van der Waals surface area contributed by atoms with Gasteiger partial charge in [-0.15, -0.1) is 0 Å². The monoisotopic (exact) mass is 338 g/mol. The van der Waals surface area contributed by atoms with Gasteiger partial charge in [0, 0.05) is 5.56 Å². The summed E-state index contributed by atoms with van der Waals surface area (Å²) in [4.78, 5) is 0. The average molecular weight is 340 g/mol. The third kappa shape index (κ3) is 2.76. The largest absolute Gasteiger partial charge is 0.416 e. The third-order valence-electron chi connectivity index (χ3n) is 2.95. The Kier molecular flexibility index (Phi) is 4.24. The first-order chi connectivity index (χ1) is 9.23. The van der Waals surface area contributed by atoms with Crippen molar-refractivity contribution in [3.05, 3.63) is 56.5 Å². The van der Waals surface area contributed by atoms with Crippen molar-refractivity contribution in [3.63, 3.8) is 0 Å². The van der Waals surface area contributed by atoms with Gasteiger partial charge in [0.2, 0.25) is 0 Å². The van der Waals surface area contributed by atoms with Gasteiger partial charge in [-0.2, -0.15) is 13.2 Å². The van der Waals surface area contributed by atoms with Crippen LogP contribution in [0.25, 0.3) is 11.1 Å². The molecule has 0 saturated carbocycles. The van der Waals surface area contributed by atoms with Crippen LogP contribution >= 0.6 is 34.8 Å². The molecule has 0 radical (unpaired) electrons. The Morgan fingerprint density at radius 3 is 2.10 bits per heavy atom. The molecule has 2 rings (SSSR count). The van der Waals surface area contributed by atoms with E-state index in [0.29, 0.717) is 11.1 Å². The first-order valence-electron chi connectivity index (χ1n) is 5.54. The lowest BCUT2D eigenvalue weighted by atomic mass is 9.96. The zero-order chi connectivity index (χ0) is 15.1. The van der Waals surface area contributed by atoms with E-state index in [1.807, 2.05) is 0 Å². The predicted octanol–water partition coefficient (Wildman–Crippen LogP) is 6.64. The summed E-state index contributed by atoms with van der Waals surface area (Å²) in [5, 5.41) is 0.631. The van der Waals surface area contributed by atoms with E-state index in [9.17, 15) is 13.2 Å². The lowest BCUT2D eigenvalue weighted by Crippen LogP contribution is -2.08. The van der Waals surface area contributed by atoms with E-state index >= 15 is 0 Å². The molecule has 106 valence electrons. The lowest BCUT2D eigenvalue weighted by molar-refractivity contribution is -0.138. The first kappa shape index (κ1) is 15.5. The van der Waals surface area contributed by atoms with Crippen LogP contribution in [0.5, 0.6) is 0 Å². The van der Waals surface area contributed by atoms with Gasteiger partial charge in [0.05, 0.1) is 20.6 Å². The molecule has 0 aliphatic heterocycles. The van der Waals surface area contributed by atoms with Crippen molar-refractivity contribution in [1.29, 1.82) is 0 Å². The van der Waals surface area contributed by atoms with Gasteiger partial charge in [-0.1, -0.05) is 46.9 Å². The standard InChI is InChI=1S/C14H8Cl3F3/c1-7-8(3-2-4-9(7)14(18,19)20)12-10(15)5-6-11(16)13(12)17/h2-6H,1H3. The van der Waals surface area contributed by atoms with Gasteiger partial charge in [-0.25, -0.2) is 0 Å². The van der Waals surface area contributed by atoms with Gasteiger partial charge < -0.3 is 0 Å². The van der Waals surface area contributed by atoms with Crippen molar-refractivity contribution < 1.29 is 13.2 Å². The Bertz CT molecular complexity index is 663. The zero-order valence-corrected chi connectivity index (χ0v) is 12.4. The average Bonchev–Trinajstić information content (AvgIpc) is 2.35. The zero-order valence-electron chi connectivity index (χ0n) is 10.2. The molecule has 2 aromatic carbocycles. The molecule has 0 unspecified atom stereocenters. The number of hydrogen-bond acceptors (Lipinski definition) is 0. The first-order valence-corrected chi connectivity index (χ1v) is 6.67. The molecule has 0 saturated heterocycles. The molecule has 0 aromatic heterocycles. The summed E-state index contributed by atoms with van der Waals surface area (Å²) >= 11 is 18.0. The van der Waals surface area contributed by atoms with Gasteiger partial charge >= 0.3 is 6.18 Å². The fourth-order valence-corrected chi connectivity index (χ4v) is 2.72. The molecule has 0 N–H and O–H groups in total.